The second kappa shape index (κ2) is 7.25. The number of nitrogens with zero attached hydrogens (tertiary/aromatic N) is 1. The maximum atomic E-state index is 12.8. The van der Waals surface area contributed by atoms with Crippen LogP contribution in [0.4, 0.5) is 10.5 Å². The van der Waals surface area contributed by atoms with Gasteiger partial charge in [0.1, 0.15) is 11.3 Å². The Morgan fingerprint density at radius 2 is 1.63 bits per heavy atom. The van der Waals surface area contributed by atoms with Gasteiger partial charge in [-0.05, 0) is 42.8 Å². The van der Waals surface area contributed by atoms with Gasteiger partial charge in [-0.25, -0.2) is 9.69 Å². The lowest BCUT2D eigenvalue weighted by atomic mass is 10.1. The number of hydrogen-bond donors (Lipinski definition) is 1. The van der Waals surface area contributed by atoms with Gasteiger partial charge in [-0.3, -0.25) is 19.7 Å². The molecule has 27 heavy (non-hydrogen) atoms. The number of carbonyl (C=O) groups is 4. The van der Waals surface area contributed by atoms with Crippen molar-refractivity contribution in [3.05, 3.63) is 65.2 Å². The van der Waals surface area contributed by atoms with E-state index in [0.29, 0.717) is 17.0 Å². The molecule has 0 spiro atoms. The minimum absolute atomic E-state index is 0.171. The minimum Gasteiger partial charge on any atom is -0.427 e. The van der Waals surface area contributed by atoms with Crippen molar-refractivity contribution in [3.63, 3.8) is 0 Å². The molecule has 0 radical (unpaired) electrons. The van der Waals surface area contributed by atoms with Crippen LogP contribution in [-0.4, -0.2) is 23.8 Å². The number of urea groups is 1. The van der Waals surface area contributed by atoms with Gasteiger partial charge in [-0.2, -0.15) is 0 Å². The van der Waals surface area contributed by atoms with Crippen LogP contribution in [0.5, 0.6) is 5.75 Å². The van der Waals surface area contributed by atoms with E-state index in [1.165, 1.54) is 13.0 Å². The molecule has 2 aromatic carbocycles. The lowest BCUT2D eigenvalue weighted by Gasteiger charge is -2.26. The van der Waals surface area contributed by atoms with E-state index in [2.05, 4.69) is 5.32 Å². The van der Waals surface area contributed by atoms with Crippen molar-refractivity contribution in [1.82, 2.24) is 5.32 Å². The van der Waals surface area contributed by atoms with Crippen LogP contribution in [0.1, 0.15) is 18.1 Å². The van der Waals surface area contributed by atoms with E-state index in [4.69, 9.17) is 4.74 Å². The van der Waals surface area contributed by atoms with Crippen LogP contribution in [0, 0.1) is 6.92 Å². The van der Waals surface area contributed by atoms with Gasteiger partial charge in [0.2, 0.25) is 0 Å². The number of rotatable bonds is 3. The number of esters is 1. The van der Waals surface area contributed by atoms with Crippen molar-refractivity contribution >= 4 is 35.6 Å². The number of hydrogen-bond acceptors (Lipinski definition) is 5. The number of ether oxygens (including phenoxy) is 1. The first-order valence-electron chi connectivity index (χ1n) is 8.12. The topological polar surface area (TPSA) is 92.8 Å². The molecule has 4 amide bonds. The molecule has 1 fully saturated rings. The van der Waals surface area contributed by atoms with E-state index >= 15 is 0 Å². The van der Waals surface area contributed by atoms with Crippen molar-refractivity contribution in [3.8, 4) is 5.75 Å². The van der Waals surface area contributed by atoms with Gasteiger partial charge in [0.15, 0.2) is 0 Å². The highest BCUT2D eigenvalue weighted by Crippen LogP contribution is 2.23. The van der Waals surface area contributed by atoms with Crippen LogP contribution < -0.4 is 15.0 Å². The molecule has 0 aliphatic carbocycles. The van der Waals surface area contributed by atoms with Gasteiger partial charge in [0.25, 0.3) is 11.8 Å². The number of carbonyl (C=O) groups excluding carboxylic acids is 4. The van der Waals surface area contributed by atoms with Gasteiger partial charge in [-0.15, -0.1) is 0 Å². The summed E-state index contributed by atoms with van der Waals surface area (Å²) < 4.78 is 4.94. The molecule has 7 heteroatoms. The monoisotopic (exact) mass is 364 g/mol. The van der Waals surface area contributed by atoms with Crippen LogP contribution in [0.15, 0.2) is 54.1 Å². The van der Waals surface area contributed by atoms with Crippen molar-refractivity contribution in [2.24, 2.45) is 0 Å². The Morgan fingerprint density at radius 3 is 2.22 bits per heavy atom. The Balaban J connectivity index is 1.91. The highest BCUT2D eigenvalue weighted by molar-refractivity contribution is 6.39. The molecule has 1 saturated heterocycles. The van der Waals surface area contributed by atoms with E-state index in [1.54, 1.807) is 48.5 Å². The fourth-order valence-electron chi connectivity index (χ4n) is 2.55. The van der Waals surface area contributed by atoms with Crippen molar-refractivity contribution in [1.29, 1.82) is 0 Å². The van der Waals surface area contributed by atoms with E-state index in [9.17, 15) is 19.2 Å². The summed E-state index contributed by atoms with van der Waals surface area (Å²) in [4.78, 5) is 48.9. The molecule has 0 unspecified atom stereocenters. The first-order chi connectivity index (χ1) is 12.8. The maximum Gasteiger partial charge on any atom is 0.335 e. The van der Waals surface area contributed by atoms with Gasteiger partial charge in [-0.1, -0.05) is 29.8 Å². The van der Waals surface area contributed by atoms with Gasteiger partial charge in [0.05, 0.1) is 5.69 Å². The number of aryl methyl sites for hydroxylation is 1. The zero-order chi connectivity index (χ0) is 19.6. The van der Waals surface area contributed by atoms with Gasteiger partial charge in [0, 0.05) is 6.92 Å². The summed E-state index contributed by atoms with van der Waals surface area (Å²) in [6, 6.07) is 12.3. The Kier molecular flexibility index (Phi) is 4.85. The number of nitrogens with one attached hydrogen (secondary N) is 1. The zero-order valence-corrected chi connectivity index (χ0v) is 14.7. The Labute approximate surface area is 155 Å². The molecule has 1 aliphatic rings. The number of barbiturate groups is 1. The predicted molar refractivity (Wildman–Crippen MR) is 97.9 cm³/mol. The van der Waals surface area contributed by atoms with Crippen molar-refractivity contribution < 1.29 is 23.9 Å². The molecule has 3 rings (SSSR count). The van der Waals surface area contributed by atoms with Crippen molar-refractivity contribution in [2.75, 3.05) is 4.90 Å². The number of amides is 4. The lowest BCUT2D eigenvalue weighted by molar-refractivity contribution is -0.132. The third kappa shape index (κ3) is 3.92. The van der Waals surface area contributed by atoms with E-state index in [1.807, 2.05) is 6.92 Å². The smallest absolute Gasteiger partial charge is 0.335 e. The Hall–Kier alpha value is -3.74. The molecule has 0 aromatic heterocycles. The Bertz CT molecular complexity index is 959. The first kappa shape index (κ1) is 18.1. The molecule has 0 bridgehead atoms. The highest BCUT2D eigenvalue weighted by atomic mass is 16.5. The van der Waals surface area contributed by atoms with E-state index < -0.39 is 23.8 Å². The summed E-state index contributed by atoms with van der Waals surface area (Å²) in [7, 11) is 0. The average molecular weight is 364 g/mol. The molecular weight excluding hydrogens is 348 g/mol. The van der Waals surface area contributed by atoms with Crippen LogP contribution >= 0.6 is 0 Å². The fourth-order valence-corrected chi connectivity index (χ4v) is 2.55. The molecule has 1 heterocycles. The second-order valence-electron chi connectivity index (χ2n) is 5.96. The van der Waals surface area contributed by atoms with E-state index in [-0.39, 0.29) is 5.57 Å². The van der Waals surface area contributed by atoms with Crippen molar-refractivity contribution in [2.45, 2.75) is 13.8 Å². The summed E-state index contributed by atoms with van der Waals surface area (Å²) in [5, 5.41) is 2.17. The van der Waals surface area contributed by atoms with Crippen LogP contribution in [0.2, 0.25) is 0 Å². The average Bonchev–Trinajstić information content (AvgIpc) is 2.61. The molecular formula is C20H16N2O5. The minimum atomic E-state index is -0.795. The quantitative estimate of drug-likeness (QED) is 0.391. The molecule has 136 valence electrons. The summed E-state index contributed by atoms with van der Waals surface area (Å²) in [6.07, 6.45) is 1.38. The van der Waals surface area contributed by atoms with Crippen LogP contribution in [0.3, 0.4) is 0 Å². The first-order valence-corrected chi connectivity index (χ1v) is 8.12. The number of benzene rings is 2. The maximum absolute atomic E-state index is 12.8. The largest absolute Gasteiger partial charge is 0.427 e. The molecule has 0 saturated carbocycles. The highest BCUT2D eigenvalue weighted by Gasteiger charge is 2.36. The summed E-state index contributed by atoms with van der Waals surface area (Å²) in [5.41, 5.74) is 1.72. The van der Waals surface area contributed by atoms with Gasteiger partial charge < -0.3 is 4.74 Å². The van der Waals surface area contributed by atoms with Crippen LogP contribution in [0.25, 0.3) is 6.08 Å². The number of imide groups is 2. The molecule has 1 aliphatic heterocycles. The van der Waals surface area contributed by atoms with Crippen LogP contribution in [-0.2, 0) is 14.4 Å². The molecule has 0 atom stereocenters. The lowest BCUT2D eigenvalue weighted by Crippen LogP contribution is -2.54. The van der Waals surface area contributed by atoms with E-state index in [0.717, 1.165) is 10.5 Å². The summed E-state index contributed by atoms with van der Waals surface area (Å²) in [5.74, 6) is -1.58. The third-order valence-electron chi connectivity index (χ3n) is 3.85. The predicted octanol–water partition coefficient (Wildman–Crippen LogP) is 2.59. The third-order valence-corrected chi connectivity index (χ3v) is 3.85. The zero-order valence-electron chi connectivity index (χ0n) is 14.7. The summed E-state index contributed by atoms with van der Waals surface area (Å²) in [6.45, 7) is 3.17. The van der Waals surface area contributed by atoms with Gasteiger partial charge >= 0.3 is 12.0 Å². The summed E-state index contributed by atoms with van der Waals surface area (Å²) >= 11 is 0. The number of anilines is 1. The Morgan fingerprint density at radius 1 is 1.00 bits per heavy atom. The standard InChI is InChI=1S/C20H16N2O5/c1-12-3-7-15(8-4-12)22-19(25)17(18(24)21-20(22)26)11-14-5-9-16(10-6-14)27-13(2)23/h3-11H,1-2H3,(H,21,24,26)/b17-11-. The second-order valence-corrected chi connectivity index (χ2v) is 5.96. The fraction of sp³-hybridized carbons (Fsp3) is 0.100. The SMILES string of the molecule is CC(=O)Oc1ccc(/C=C2/C(=O)NC(=O)N(c3ccc(C)cc3)C2=O)cc1. The molecule has 1 N–H and O–H groups in total. The molecule has 2 aromatic rings. The normalized spacial score (nSPS) is 15.7. The molecule has 7 nitrogen and oxygen atoms in total.